The van der Waals surface area contributed by atoms with E-state index in [-0.39, 0.29) is 11.5 Å². The lowest BCUT2D eigenvalue weighted by atomic mass is 10.1. The van der Waals surface area contributed by atoms with Crippen LogP contribution >= 0.6 is 11.3 Å². The number of pyridine rings is 1. The van der Waals surface area contributed by atoms with Crippen LogP contribution in [0.5, 0.6) is 0 Å². The van der Waals surface area contributed by atoms with Gasteiger partial charge in [-0.05, 0) is 6.07 Å². The van der Waals surface area contributed by atoms with Crippen molar-refractivity contribution >= 4 is 33.1 Å². The molecule has 3 rings (SSSR count). The van der Waals surface area contributed by atoms with Crippen LogP contribution in [0, 0.1) is 0 Å². The fourth-order valence-electron chi connectivity index (χ4n) is 2.53. The third kappa shape index (κ3) is 3.79. The minimum absolute atomic E-state index is 0.160. The molecule has 2 heterocycles. The summed E-state index contributed by atoms with van der Waals surface area (Å²) in [6.45, 7) is 1.06. The first kappa shape index (κ1) is 18.2. The lowest BCUT2D eigenvalue weighted by Crippen LogP contribution is -2.25. The molecule has 1 N–H and O–H groups in total. The van der Waals surface area contributed by atoms with Crippen LogP contribution in [-0.4, -0.2) is 41.5 Å². The molecule has 136 valence electrons. The van der Waals surface area contributed by atoms with Gasteiger partial charge in [0.1, 0.15) is 11.6 Å². The molecular formula is C17H18N4O4S. The minimum Gasteiger partial charge on any atom is -0.383 e. The number of hydrogen-bond donors (Lipinski definition) is 1. The number of carbonyl (C=O) groups is 1. The normalized spacial score (nSPS) is 11.0. The number of fused-ring (bicyclic) bond motifs is 1. The van der Waals surface area contributed by atoms with Gasteiger partial charge in [0.05, 0.1) is 12.2 Å². The molecule has 0 fully saturated rings. The minimum atomic E-state index is -0.354. The maximum absolute atomic E-state index is 12.8. The Morgan fingerprint density at radius 2 is 1.96 bits per heavy atom. The Morgan fingerprint density at radius 1 is 1.19 bits per heavy atom. The molecule has 26 heavy (non-hydrogen) atoms. The first-order chi connectivity index (χ1) is 12.6. The average Bonchev–Trinajstić information content (AvgIpc) is 3.08. The Bertz CT molecular complexity index is 982. The van der Waals surface area contributed by atoms with E-state index < -0.39 is 0 Å². The van der Waals surface area contributed by atoms with Gasteiger partial charge in [0.15, 0.2) is 0 Å². The Hall–Kier alpha value is -2.62. The molecule has 0 atom stereocenters. The van der Waals surface area contributed by atoms with Crippen molar-refractivity contribution in [2.75, 3.05) is 26.1 Å². The van der Waals surface area contributed by atoms with Gasteiger partial charge in [-0.2, -0.15) is 0 Å². The number of nitrogens with zero attached hydrogens (tertiary/aromatic N) is 3. The van der Waals surface area contributed by atoms with Crippen LogP contribution in [0.3, 0.4) is 0 Å². The number of methoxy groups -OCH3 is 2. The first-order valence-electron chi connectivity index (χ1n) is 7.88. The highest BCUT2D eigenvalue weighted by Crippen LogP contribution is 2.20. The number of aromatic nitrogens is 3. The van der Waals surface area contributed by atoms with E-state index in [4.69, 9.17) is 9.47 Å². The van der Waals surface area contributed by atoms with Gasteiger partial charge in [-0.15, -0.1) is 10.2 Å². The Balaban J connectivity index is 1.97. The van der Waals surface area contributed by atoms with Crippen LogP contribution in [-0.2, 0) is 22.6 Å². The van der Waals surface area contributed by atoms with Gasteiger partial charge >= 0.3 is 0 Å². The van der Waals surface area contributed by atoms with E-state index >= 15 is 0 Å². The van der Waals surface area contributed by atoms with Gasteiger partial charge in [-0.1, -0.05) is 29.5 Å². The number of hydrogen-bond acceptors (Lipinski definition) is 7. The SMILES string of the molecule is COCCn1cc(C(=O)Nc2nnc(COC)s2)c2ccccc2c1=O. The summed E-state index contributed by atoms with van der Waals surface area (Å²) < 4.78 is 11.5. The second-order valence-electron chi connectivity index (χ2n) is 5.47. The van der Waals surface area contributed by atoms with Gasteiger partial charge in [0.25, 0.3) is 11.5 Å². The van der Waals surface area contributed by atoms with Crippen molar-refractivity contribution in [1.29, 1.82) is 0 Å². The molecule has 0 saturated carbocycles. The van der Waals surface area contributed by atoms with Gasteiger partial charge < -0.3 is 14.0 Å². The van der Waals surface area contributed by atoms with E-state index in [0.717, 1.165) is 0 Å². The summed E-state index contributed by atoms with van der Waals surface area (Å²) >= 11 is 1.24. The molecular weight excluding hydrogens is 356 g/mol. The van der Waals surface area contributed by atoms with Gasteiger partial charge in [0.2, 0.25) is 5.13 Å². The molecule has 9 heteroatoms. The predicted molar refractivity (Wildman–Crippen MR) is 98.7 cm³/mol. The number of rotatable bonds is 7. The summed E-state index contributed by atoms with van der Waals surface area (Å²) in [7, 11) is 3.13. The zero-order chi connectivity index (χ0) is 18.5. The third-order valence-electron chi connectivity index (χ3n) is 3.73. The molecule has 0 aliphatic carbocycles. The number of nitrogens with one attached hydrogen (secondary N) is 1. The highest BCUT2D eigenvalue weighted by Gasteiger charge is 2.16. The predicted octanol–water partition coefficient (Wildman–Crippen LogP) is 1.90. The number of anilines is 1. The molecule has 0 radical (unpaired) electrons. The maximum Gasteiger partial charge on any atom is 0.259 e. The van der Waals surface area contributed by atoms with E-state index in [2.05, 4.69) is 15.5 Å². The van der Waals surface area contributed by atoms with Crippen LogP contribution in [0.4, 0.5) is 5.13 Å². The first-order valence-corrected chi connectivity index (χ1v) is 8.69. The third-order valence-corrected chi connectivity index (χ3v) is 4.54. The lowest BCUT2D eigenvalue weighted by Gasteiger charge is -2.11. The lowest BCUT2D eigenvalue weighted by molar-refractivity contribution is 0.102. The zero-order valence-electron chi connectivity index (χ0n) is 14.4. The zero-order valence-corrected chi connectivity index (χ0v) is 15.2. The van der Waals surface area contributed by atoms with Crippen molar-refractivity contribution in [3.8, 4) is 0 Å². The van der Waals surface area contributed by atoms with Crippen LogP contribution in [0.1, 0.15) is 15.4 Å². The monoisotopic (exact) mass is 374 g/mol. The summed E-state index contributed by atoms with van der Waals surface area (Å²) in [5.41, 5.74) is 0.229. The van der Waals surface area contributed by atoms with Crippen molar-refractivity contribution in [2.45, 2.75) is 13.2 Å². The summed E-state index contributed by atoms with van der Waals surface area (Å²) in [4.78, 5) is 25.4. The molecule has 3 aromatic rings. The van der Waals surface area contributed by atoms with Crippen LogP contribution in [0.15, 0.2) is 35.3 Å². The van der Waals surface area contributed by atoms with E-state index in [1.807, 2.05) is 0 Å². The van der Waals surface area contributed by atoms with Crippen molar-refractivity contribution in [3.05, 3.63) is 51.4 Å². The molecule has 0 aliphatic heterocycles. The standard InChI is InChI=1S/C17H18N4O4S/c1-24-8-7-21-9-13(11-5-3-4-6-12(11)16(21)23)15(22)18-17-20-19-14(26-17)10-25-2/h3-6,9H,7-8,10H2,1-2H3,(H,18,20,22). The van der Waals surface area contributed by atoms with Crippen LogP contribution in [0.25, 0.3) is 10.8 Å². The van der Waals surface area contributed by atoms with E-state index in [1.165, 1.54) is 15.9 Å². The van der Waals surface area contributed by atoms with E-state index in [9.17, 15) is 9.59 Å². The molecule has 1 aromatic carbocycles. The van der Waals surface area contributed by atoms with Crippen molar-refractivity contribution < 1.29 is 14.3 Å². The smallest absolute Gasteiger partial charge is 0.259 e. The Morgan fingerprint density at radius 3 is 2.69 bits per heavy atom. The molecule has 0 bridgehead atoms. The highest BCUT2D eigenvalue weighted by atomic mass is 32.1. The fourth-order valence-corrected chi connectivity index (χ4v) is 3.24. The molecule has 0 aliphatic rings. The second-order valence-corrected chi connectivity index (χ2v) is 6.53. The second kappa shape index (κ2) is 8.17. The fraction of sp³-hybridized carbons (Fsp3) is 0.294. The number of benzene rings is 1. The topological polar surface area (TPSA) is 95.3 Å². The summed E-state index contributed by atoms with van der Waals surface area (Å²) in [5.74, 6) is -0.354. The van der Waals surface area contributed by atoms with Crippen molar-refractivity contribution in [1.82, 2.24) is 14.8 Å². The number of carbonyl (C=O) groups excluding carboxylic acids is 1. The van der Waals surface area contributed by atoms with E-state index in [1.54, 1.807) is 44.7 Å². The van der Waals surface area contributed by atoms with Gasteiger partial charge in [0, 0.05) is 37.7 Å². The Labute approximate surface area is 153 Å². The molecule has 0 spiro atoms. The largest absolute Gasteiger partial charge is 0.383 e. The summed E-state index contributed by atoms with van der Waals surface area (Å²) in [6.07, 6.45) is 1.55. The molecule has 0 saturated heterocycles. The number of amides is 1. The molecule has 0 unspecified atom stereocenters. The maximum atomic E-state index is 12.8. The quantitative estimate of drug-likeness (QED) is 0.679. The van der Waals surface area contributed by atoms with Gasteiger partial charge in [-0.3, -0.25) is 14.9 Å². The number of ether oxygens (including phenoxy) is 2. The summed E-state index contributed by atoms with van der Waals surface area (Å²) in [6, 6.07) is 7.02. The molecule has 2 aromatic heterocycles. The van der Waals surface area contributed by atoms with Crippen LogP contribution < -0.4 is 10.9 Å². The highest BCUT2D eigenvalue weighted by molar-refractivity contribution is 7.15. The van der Waals surface area contributed by atoms with E-state index in [0.29, 0.717) is 46.2 Å². The van der Waals surface area contributed by atoms with Crippen molar-refractivity contribution in [3.63, 3.8) is 0 Å². The van der Waals surface area contributed by atoms with Crippen molar-refractivity contribution in [2.24, 2.45) is 0 Å². The summed E-state index contributed by atoms with van der Waals surface area (Å²) in [5, 5.41) is 12.7. The average molecular weight is 374 g/mol. The van der Waals surface area contributed by atoms with Gasteiger partial charge in [-0.25, -0.2) is 0 Å². The molecule has 1 amide bonds. The van der Waals surface area contributed by atoms with Crippen LogP contribution in [0.2, 0.25) is 0 Å². The Kier molecular flexibility index (Phi) is 5.71. The molecule has 8 nitrogen and oxygen atoms in total.